The van der Waals surface area contributed by atoms with Crippen LogP contribution in [0.2, 0.25) is 0 Å². The lowest BCUT2D eigenvalue weighted by atomic mass is 9.81. The Hall–Kier alpha value is -2.28. The highest BCUT2D eigenvalue weighted by Gasteiger charge is 2.36. The van der Waals surface area contributed by atoms with Crippen LogP contribution in [0.15, 0.2) is 6.20 Å². The van der Waals surface area contributed by atoms with E-state index in [0.717, 1.165) is 30.1 Å². The number of rotatable bonds is 9. The Morgan fingerprint density at radius 2 is 2.03 bits per heavy atom. The van der Waals surface area contributed by atoms with Crippen LogP contribution in [0.1, 0.15) is 54.8 Å². The molecule has 0 bridgehead atoms. The van der Waals surface area contributed by atoms with Gasteiger partial charge in [0.05, 0.1) is 37.0 Å². The Kier molecular flexibility index (Phi) is 8.48. The van der Waals surface area contributed by atoms with E-state index in [4.69, 9.17) is 4.74 Å². The van der Waals surface area contributed by atoms with Gasteiger partial charge < -0.3 is 15.0 Å². The quantitative estimate of drug-likeness (QED) is 0.499. The molecule has 2 aromatic heterocycles. The number of nitrogens with one attached hydrogen (secondary N) is 1. The Morgan fingerprint density at radius 3 is 2.72 bits per heavy atom. The molecule has 8 nitrogen and oxygen atoms in total. The van der Waals surface area contributed by atoms with Crippen molar-refractivity contribution in [3.05, 3.63) is 22.5 Å². The first-order valence-corrected chi connectivity index (χ1v) is 13.1. The highest BCUT2D eigenvalue weighted by molar-refractivity contribution is 7.13. The molecule has 1 aliphatic carbocycles. The second kappa shape index (κ2) is 11.4. The molecular formula is C23H32F4N6O2S. The summed E-state index contributed by atoms with van der Waals surface area (Å²) in [4.78, 5) is 21.3. The van der Waals surface area contributed by atoms with Gasteiger partial charge in [0, 0.05) is 44.0 Å². The number of amides is 1. The van der Waals surface area contributed by atoms with Crippen molar-refractivity contribution >= 4 is 17.2 Å². The minimum absolute atomic E-state index is 0.0224. The molecule has 0 radical (unpaired) electrons. The fourth-order valence-corrected chi connectivity index (χ4v) is 5.69. The van der Waals surface area contributed by atoms with Crippen molar-refractivity contribution < 1.29 is 27.1 Å². The maximum Gasteiger partial charge on any atom is 0.392 e. The molecule has 13 heteroatoms. The molecular weight excluding hydrogens is 500 g/mol. The number of thiazole rings is 1. The van der Waals surface area contributed by atoms with Gasteiger partial charge in [-0.1, -0.05) is 11.3 Å². The van der Waals surface area contributed by atoms with Crippen molar-refractivity contribution in [1.82, 2.24) is 30.2 Å². The fraction of sp³-hybridized carbons (Fsp3) is 0.739. The third kappa shape index (κ3) is 7.86. The summed E-state index contributed by atoms with van der Waals surface area (Å²) < 4.78 is 57.6. The van der Waals surface area contributed by atoms with Crippen LogP contribution in [-0.4, -0.2) is 74.9 Å². The number of halogens is 4. The Bertz CT molecular complexity index is 993. The summed E-state index contributed by atoms with van der Waals surface area (Å²) in [6.07, 6.45) is 0.414. The second-order valence-corrected chi connectivity index (χ2v) is 10.7. The maximum atomic E-state index is 15.5. The molecule has 2 aromatic rings. The first-order chi connectivity index (χ1) is 17.1. The smallest absolute Gasteiger partial charge is 0.392 e. The number of carbonyl (C=O) groups excluding carboxylic acids is 1. The van der Waals surface area contributed by atoms with Crippen LogP contribution >= 0.6 is 11.3 Å². The molecule has 0 aromatic carbocycles. The average Bonchev–Trinajstić information content (AvgIpc) is 3.34. The predicted octanol–water partition coefficient (Wildman–Crippen LogP) is 3.40. The van der Waals surface area contributed by atoms with Crippen LogP contribution in [0.25, 0.3) is 0 Å². The molecule has 3 heterocycles. The van der Waals surface area contributed by atoms with Gasteiger partial charge in [0.25, 0.3) is 5.19 Å². The van der Waals surface area contributed by atoms with Crippen molar-refractivity contribution in [2.45, 2.75) is 75.7 Å². The van der Waals surface area contributed by atoms with E-state index in [0.29, 0.717) is 56.0 Å². The summed E-state index contributed by atoms with van der Waals surface area (Å²) in [5.74, 6) is -0.119. The van der Waals surface area contributed by atoms with Crippen molar-refractivity contribution in [3.8, 4) is 5.19 Å². The van der Waals surface area contributed by atoms with Crippen LogP contribution in [0.3, 0.4) is 0 Å². The lowest BCUT2D eigenvalue weighted by Crippen LogP contribution is -2.43. The lowest BCUT2D eigenvalue weighted by molar-refractivity contribution is -0.139. The molecule has 36 heavy (non-hydrogen) atoms. The number of fused-ring (bicyclic) bond motifs is 1. The zero-order valence-electron chi connectivity index (χ0n) is 20.3. The molecule has 0 atom stereocenters. The van der Waals surface area contributed by atoms with Gasteiger partial charge in [-0.2, -0.15) is 28.2 Å². The molecule has 1 amide bonds. The minimum Gasteiger partial charge on any atom is -0.470 e. The summed E-state index contributed by atoms with van der Waals surface area (Å²) in [5, 5.41) is 11.4. The number of aromatic nitrogens is 4. The first kappa shape index (κ1) is 26.8. The molecule has 1 fully saturated rings. The van der Waals surface area contributed by atoms with Crippen molar-refractivity contribution in [3.63, 3.8) is 0 Å². The van der Waals surface area contributed by atoms with E-state index in [2.05, 4.69) is 25.4 Å². The van der Waals surface area contributed by atoms with Crippen molar-refractivity contribution in [2.75, 3.05) is 26.2 Å². The Labute approximate surface area is 211 Å². The SMILES string of the molecule is Cn1ncc(CC(=O)N[C@H]2CC[C@](F)(CCN3CCc4nc(OCCC(F)(F)F)sc4CC3)CC2)n1. The number of ether oxygens (including phenoxy) is 1. The number of alkyl halides is 4. The molecule has 1 aliphatic heterocycles. The van der Waals surface area contributed by atoms with Gasteiger partial charge in [-0.05, 0) is 38.5 Å². The molecule has 0 spiro atoms. The zero-order chi connectivity index (χ0) is 25.8. The van der Waals surface area contributed by atoms with Crippen molar-refractivity contribution in [1.29, 1.82) is 0 Å². The van der Waals surface area contributed by atoms with Crippen LogP contribution in [0, 0.1) is 0 Å². The van der Waals surface area contributed by atoms with Crippen LogP contribution in [0.4, 0.5) is 17.6 Å². The molecule has 4 rings (SSSR count). The number of hydrogen-bond acceptors (Lipinski definition) is 7. The van der Waals surface area contributed by atoms with E-state index < -0.39 is 24.9 Å². The van der Waals surface area contributed by atoms with E-state index in [1.807, 2.05) is 0 Å². The van der Waals surface area contributed by atoms with Crippen LogP contribution in [-0.2, 0) is 31.1 Å². The number of hydrogen-bond donors (Lipinski definition) is 1. The van der Waals surface area contributed by atoms with Crippen molar-refractivity contribution in [2.24, 2.45) is 7.05 Å². The van der Waals surface area contributed by atoms with Crippen LogP contribution < -0.4 is 10.1 Å². The summed E-state index contributed by atoms with van der Waals surface area (Å²) in [6, 6.07) is -0.0224. The molecule has 200 valence electrons. The molecule has 1 saturated carbocycles. The third-order valence-corrected chi connectivity index (χ3v) is 7.87. The number of nitrogens with zero attached hydrogens (tertiary/aromatic N) is 5. The van der Waals surface area contributed by atoms with E-state index in [9.17, 15) is 18.0 Å². The van der Waals surface area contributed by atoms with Gasteiger partial charge in [-0.15, -0.1) is 0 Å². The predicted molar refractivity (Wildman–Crippen MR) is 126 cm³/mol. The summed E-state index contributed by atoms with van der Waals surface area (Å²) in [5.41, 5.74) is 0.246. The van der Waals surface area contributed by atoms with Gasteiger partial charge >= 0.3 is 6.18 Å². The topological polar surface area (TPSA) is 85.2 Å². The Balaban J connectivity index is 1.16. The highest BCUT2D eigenvalue weighted by atomic mass is 32.1. The average molecular weight is 533 g/mol. The van der Waals surface area contributed by atoms with E-state index >= 15 is 4.39 Å². The number of aryl methyl sites for hydroxylation is 1. The Morgan fingerprint density at radius 1 is 1.28 bits per heavy atom. The first-order valence-electron chi connectivity index (χ1n) is 12.3. The lowest BCUT2D eigenvalue weighted by Gasteiger charge is -2.35. The second-order valence-electron chi connectivity index (χ2n) is 9.65. The summed E-state index contributed by atoms with van der Waals surface area (Å²) in [6.45, 7) is 1.71. The molecule has 2 aliphatic rings. The summed E-state index contributed by atoms with van der Waals surface area (Å²) >= 11 is 1.31. The van der Waals surface area contributed by atoms with Gasteiger partial charge in [-0.3, -0.25) is 4.79 Å². The fourth-order valence-electron chi connectivity index (χ4n) is 4.73. The largest absolute Gasteiger partial charge is 0.470 e. The molecule has 0 unspecified atom stereocenters. The standard InChI is InChI=1S/C23H32F4N6O2S/c1-32-28-15-17(31-32)14-20(34)29-16-2-6-22(24,7-3-16)8-12-33-10-4-18-19(5-11-33)36-21(30-18)35-13-9-23(25,26)27/h15-16H,2-14H2,1H3,(H,29,34)/t16-,22+. The monoisotopic (exact) mass is 532 g/mol. The molecule has 1 N–H and O–H groups in total. The van der Waals surface area contributed by atoms with E-state index in [-0.39, 0.29) is 18.4 Å². The van der Waals surface area contributed by atoms with Gasteiger partial charge in [0.15, 0.2) is 0 Å². The molecule has 0 saturated heterocycles. The van der Waals surface area contributed by atoms with E-state index in [1.165, 1.54) is 16.1 Å². The minimum atomic E-state index is -4.24. The number of carbonyl (C=O) groups is 1. The maximum absolute atomic E-state index is 15.5. The van der Waals surface area contributed by atoms with Gasteiger partial charge in [0.2, 0.25) is 5.91 Å². The highest BCUT2D eigenvalue weighted by Crippen LogP contribution is 2.36. The third-order valence-electron chi connectivity index (χ3n) is 6.80. The van der Waals surface area contributed by atoms with Gasteiger partial charge in [-0.25, -0.2) is 9.37 Å². The summed E-state index contributed by atoms with van der Waals surface area (Å²) in [7, 11) is 1.70. The van der Waals surface area contributed by atoms with Crippen LogP contribution in [0.5, 0.6) is 5.19 Å². The normalized spacial score (nSPS) is 23.2. The van der Waals surface area contributed by atoms with Gasteiger partial charge in [0.1, 0.15) is 5.67 Å². The van der Waals surface area contributed by atoms with E-state index in [1.54, 1.807) is 13.2 Å². The zero-order valence-corrected chi connectivity index (χ0v) is 21.1.